The number of amides is 2. The van der Waals surface area contributed by atoms with Gasteiger partial charge in [-0.25, -0.2) is 0 Å². The molecule has 2 aromatic rings. The van der Waals surface area contributed by atoms with E-state index in [2.05, 4.69) is 24.9 Å². The number of benzene rings is 2. The molecule has 0 bridgehead atoms. The number of allylic oxidation sites excluding steroid dienone is 2. The Morgan fingerprint density at radius 1 is 1.21 bits per heavy atom. The zero-order valence-electron chi connectivity index (χ0n) is 17.0. The van der Waals surface area contributed by atoms with Crippen molar-refractivity contribution < 1.29 is 9.59 Å². The van der Waals surface area contributed by atoms with E-state index < -0.39 is 0 Å². The van der Waals surface area contributed by atoms with Crippen molar-refractivity contribution in [2.45, 2.75) is 39.5 Å². The van der Waals surface area contributed by atoms with Crippen molar-refractivity contribution in [3.8, 4) is 11.1 Å². The highest BCUT2D eigenvalue weighted by Gasteiger charge is 2.31. The third-order valence-corrected chi connectivity index (χ3v) is 6.25. The van der Waals surface area contributed by atoms with Gasteiger partial charge in [0, 0.05) is 11.3 Å². The van der Waals surface area contributed by atoms with Crippen molar-refractivity contribution in [1.29, 1.82) is 0 Å². The molecule has 0 spiro atoms. The van der Waals surface area contributed by atoms with Gasteiger partial charge < -0.3 is 11.1 Å². The van der Waals surface area contributed by atoms with E-state index in [1.807, 2.05) is 31.2 Å². The van der Waals surface area contributed by atoms with Crippen LogP contribution in [0.1, 0.15) is 53.2 Å². The standard InChI is InChI=1S/C25H26N2O2/c1-4-23(28)27-22-7-5-6-17(15(22)3)19-10-11-20(25(26)29)21-13-16-12-14(2)8-9-18(16)24(19)21/h4-7,10-11,14H,1,8-9,12-13H2,2-3H3,(H2,26,29)(H,27,28). The molecule has 148 valence electrons. The van der Waals surface area contributed by atoms with Crippen LogP contribution in [-0.4, -0.2) is 11.8 Å². The van der Waals surface area contributed by atoms with E-state index in [1.165, 1.54) is 22.8 Å². The average Bonchev–Trinajstić information content (AvgIpc) is 3.07. The van der Waals surface area contributed by atoms with Gasteiger partial charge in [0.2, 0.25) is 11.8 Å². The molecule has 0 heterocycles. The van der Waals surface area contributed by atoms with Crippen LogP contribution in [0.3, 0.4) is 0 Å². The summed E-state index contributed by atoms with van der Waals surface area (Å²) >= 11 is 0. The minimum atomic E-state index is -0.371. The molecule has 1 atom stereocenters. The summed E-state index contributed by atoms with van der Waals surface area (Å²) in [5, 5.41) is 2.89. The van der Waals surface area contributed by atoms with E-state index in [9.17, 15) is 9.59 Å². The maximum Gasteiger partial charge on any atom is 0.249 e. The van der Waals surface area contributed by atoms with Crippen LogP contribution in [0.15, 0.2) is 48.6 Å². The topological polar surface area (TPSA) is 72.2 Å². The number of hydrogen-bond acceptors (Lipinski definition) is 2. The summed E-state index contributed by atoms with van der Waals surface area (Å²) in [6, 6.07) is 9.78. The molecule has 2 aromatic carbocycles. The highest BCUT2D eigenvalue weighted by molar-refractivity contribution is 6.02. The van der Waals surface area contributed by atoms with Crippen LogP contribution in [0.5, 0.6) is 0 Å². The van der Waals surface area contributed by atoms with Crippen LogP contribution >= 0.6 is 0 Å². The molecular formula is C25H26N2O2. The summed E-state index contributed by atoms with van der Waals surface area (Å²) in [6.07, 6.45) is 5.35. The summed E-state index contributed by atoms with van der Waals surface area (Å²) in [5.74, 6) is 0.0675. The lowest BCUT2D eigenvalue weighted by Gasteiger charge is -2.22. The van der Waals surface area contributed by atoms with E-state index >= 15 is 0 Å². The van der Waals surface area contributed by atoms with Crippen molar-refractivity contribution in [2.24, 2.45) is 11.7 Å². The molecule has 3 N–H and O–H groups in total. The van der Waals surface area contributed by atoms with Crippen LogP contribution in [0.4, 0.5) is 5.69 Å². The zero-order valence-corrected chi connectivity index (χ0v) is 17.0. The van der Waals surface area contributed by atoms with Gasteiger partial charge in [0.1, 0.15) is 0 Å². The molecule has 0 saturated carbocycles. The fourth-order valence-corrected chi connectivity index (χ4v) is 4.79. The van der Waals surface area contributed by atoms with Crippen LogP contribution < -0.4 is 11.1 Å². The first kappa shape index (κ1) is 19.2. The Morgan fingerprint density at radius 3 is 2.72 bits per heavy atom. The predicted molar refractivity (Wildman–Crippen MR) is 118 cm³/mol. The quantitative estimate of drug-likeness (QED) is 0.725. The smallest absolute Gasteiger partial charge is 0.249 e. The van der Waals surface area contributed by atoms with E-state index in [0.29, 0.717) is 11.5 Å². The Bertz CT molecular complexity index is 1080. The monoisotopic (exact) mass is 386 g/mol. The number of carbonyl (C=O) groups excluding carboxylic acids is 2. The van der Waals surface area contributed by atoms with E-state index in [-0.39, 0.29) is 11.8 Å². The van der Waals surface area contributed by atoms with E-state index in [0.717, 1.165) is 53.6 Å². The fourth-order valence-electron chi connectivity index (χ4n) is 4.79. The van der Waals surface area contributed by atoms with Crippen LogP contribution in [0.25, 0.3) is 16.7 Å². The summed E-state index contributed by atoms with van der Waals surface area (Å²) in [6.45, 7) is 7.83. The van der Waals surface area contributed by atoms with Gasteiger partial charge in [0.15, 0.2) is 0 Å². The number of rotatable bonds is 4. The minimum absolute atomic E-state index is 0.231. The van der Waals surface area contributed by atoms with Crippen LogP contribution in [0, 0.1) is 12.8 Å². The third kappa shape index (κ3) is 3.29. The molecule has 0 aliphatic heterocycles. The molecule has 4 heteroatoms. The van der Waals surface area contributed by atoms with Crippen molar-refractivity contribution in [1.82, 2.24) is 0 Å². The van der Waals surface area contributed by atoms with Crippen molar-refractivity contribution in [2.75, 3.05) is 5.32 Å². The molecule has 1 unspecified atom stereocenters. The van der Waals surface area contributed by atoms with E-state index in [1.54, 1.807) is 0 Å². The average molecular weight is 386 g/mol. The van der Waals surface area contributed by atoms with Gasteiger partial charge in [-0.05, 0) is 90.1 Å². The summed E-state index contributed by atoms with van der Waals surface area (Å²) in [7, 11) is 0. The zero-order chi connectivity index (χ0) is 20.7. The lowest BCUT2D eigenvalue weighted by molar-refractivity contribution is -0.111. The number of nitrogens with one attached hydrogen (secondary N) is 1. The summed E-state index contributed by atoms with van der Waals surface area (Å²) < 4.78 is 0. The molecule has 0 fully saturated rings. The van der Waals surface area contributed by atoms with Crippen LogP contribution in [0.2, 0.25) is 0 Å². The maximum absolute atomic E-state index is 12.1. The molecule has 2 aliphatic carbocycles. The number of primary amides is 1. The SMILES string of the molecule is C=CC(=O)Nc1cccc(-c2ccc(C(N)=O)c3c2C2=C(C3)CC(C)CC2)c1C. The van der Waals surface area contributed by atoms with Gasteiger partial charge in [-0.1, -0.05) is 37.3 Å². The third-order valence-electron chi connectivity index (χ3n) is 6.25. The molecule has 4 nitrogen and oxygen atoms in total. The van der Waals surface area contributed by atoms with Gasteiger partial charge in [-0.2, -0.15) is 0 Å². The van der Waals surface area contributed by atoms with Gasteiger partial charge in [-0.15, -0.1) is 0 Å². The Balaban J connectivity index is 1.90. The lowest BCUT2D eigenvalue weighted by Crippen LogP contribution is -2.14. The largest absolute Gasteiger partial charge is 0.366 e. The minimum Gasteiger partial charge on any atom is -0.366 e. The van der Waals surface area contributed by atoms with Gasteiger partial charge in [0.05, 0.1) is 0 Å². The Labute approximate surface area is 171 Å². The Hall–Kier alpha value is -3.14. The molecule has 0 aromatic heterocycles. The first-order valence-corrected chi connectivity index (χ1v) is 10.1. The summed E-state index contributed by atoms with van der Waals surface area (Å²) in [5.41, 5.74) is 15.3. The van der Waals surface area contributed by atoms with Crippen molar-refractivity contribution in [3.05, 3.63) is 70.8 Å². The Morgan fingerprint density at radius 2 is 2.00 bits per heavy atom. The van der Waals surface area contributed by atoms with Crippen molar-refractivity contribution >= 4 is 23.1 Å². The van der Waals surface area contributed by atoms with Crippen LogP contribution in [-0.2, 0) is 11.2 Å². The number of nitrogens with two attached hydrogens (primary N) is 1. The van der Waals surface area contributed by atoms with Crippen molar-refractivity contribution in [3.63, 3.8) is 0 Å². The van der Waals surface area contributed by atoms with Gasteiger partial charge >= 0.3 is 0 Å². The Kier molecular flexibility index (Phi) is 4.87. The number of hydrogen-bond donors (Lipinski definition) is 2. The lowest BCUT2D eigenvalue weighted by atomic mass is 9.83. The molecule has 2 amide bonds. The second-order valence-electron chi connectivity index (χ2n) is 8.16. The summed E-state index contributed by atoms with van der Waals surface area (Å²) in [4.78, 5) is 23.9. The molecule has 0 radical (unpaired) electrons. The second-order valence-corrected chi connectivity index (χ2v) is 8.16. The number of anilines is 1. The highest BCUT2D eigenvalue weighted by Crippen LogP contribution is 2.48. The second kappa shape index (κ2) is 7.36. The first-order valence-electron chi connectivity index (χ1n) is 10.1. The maximum atomic E-state index is 12.1. The molecule has 4 rings (SSSR count). The van der Waals surface area contributed by atoms with E-state index in [4.69, 9.17) is 5.73 Å². The van der Waals surface area contributed by atoms with Gasteiger partial charge in [-0.3, -0.25) is 9.59 Å². The molecule has 0 saturated heterocycles. The first-order chi connectivity index (χ1) is 13.9. The predicted octanol–water partition coefficient (Wildman–Crippen LogP) is 5.02. The molecule has 2 aliphatic rings. The normalized spacial score (nSPS) is 17.5. The molecule has 29 heavy (non-hydrogen) atoms. The molecular weight excluding hydrogens is 360 g/mol. The number of carbonyl (C=O) groups is 2. The number of fused-ring (bicyclic) bond motifs is 2. The highest BCUT2D eigenvalue weighted by atomic mass is 16.1. The van der Waals surface area contributed by atoms with Gasteiger partial charge in [0.25, 0.3) is 0 Å². The fraction of sp³-hybridized carbons (Fsp3) is 0.280.